The van der Waals surface area contributed by atoms with Gasteiger partial charge in [0.05, 0.1) is 0 Å². The third kappa shape index (κ3) is 5.08. The third-order valence-corrected chi connectivity index (χ3v) is 7.05. The van der Waals surface area contributed by atoms with Crippen LogP contribution < -0.4 is 0 Å². The lowest BCUT2D eigenvalue weighted by molar-refractivity contribution is -0.142. The summed E-state index contributed by atoms with van der Waals surface area (Å²) in [7, 11) is 0. The average Bonchev–Trinajstić information content (AvgIpc) is 3.14. The predicted molar refractivity (Wildman–Crippen MR) is 114 cm³/mol. The summed E-state index contributed by atoms with van der Waals surface area (Å²) >= 11 is 6.17. The highest BCUT2D eigenvalue weighted by Gasteiger charge is 2.35. The van der Waals surface area contributed by atoms with Crippen molar-refractivity contribution in [3.63, 3.8) is 0 Å². The Morgan fingerprint density at radius 1 is 1.04 bits per heavy atom. The molecule has 1 unspecified atom stereocenters. The molecule has 4 nitrogen and oxygen atoms in total. The maximum atomic E-state index is 13.2. The third-order valence-electron chi connectivity index (χ3n) is 6.81. The van der Waals surface area contributed by atoms with Crippen LogP contribution in [0.15, 0.2) is 24.3 Å². The Bertz CT molecular complexity index is 657. The van der Waals surface area contributed by atoms with Crippen LogP contribution in [-0.4, -0.2) is 65.9 Å². The summed E-state index contributed by atoms with van der Waals surface area (Å²) in [6, 6.07) is 8.54. The van der Waals surface area contributed by atoms with Gasteiger partial charge in [-0.15, -0.1) is 0 Å². The summed E-state index contributed by atoms with van der Waals surface area (Å²) < 4.78 is 0. The van der Waals surface area contributed by atoms with Gasteiger partial charge in [-0.2, -0.15) is 0 Å². The lowest BCUT2D eigenvalue weighted by Gasteiger charge is -2.42. The van der Waals surface area contributed by atoms with Crippen molar-refractivity contribution >= 4 is 17.5 Å². The first kappa shape index (κ1) is 20.2. The summed E-state index contributed by atoms with van der Waals surface area (Å²) in [6.45, 7) is 7.39. The highest BCUT2D eigenvalue weighted by atomic mass is 35.5. The molecular formula is C23H34ClN3O. The van der Waals surface area contributed by atoms with Gasteiger partial charge in [0, 0.05) is 43.2 Å². The molecule has 4 rings (SSSR count). The number of carbonyl (C=O) groups excluding carboxylic acids is 1. The van der Waals surface area contributed by atoms with Crippen LogP contribution in [0, 0.1) is 5.92 Å². The van der Waals surface area contributed by atoms with Gasteiger partial charge in [0.15, 0.2) is 0 Å². The van der Waals surface area contributed by atoms with Gasteiger partial charge < -0.3 is 9.80 Å². The summed E-state index contributed by atoms with van der Waals surface area (Å²) in [5, 5.41) is 0.804. The normalized spacial score (nSPS) is 24.2. The van der Waals surface area contributed by atoms with E-state index in [1.807, 2.05) is 12.1 Å². The first-order chi connectivity index (χ1) is 13.7. The zero-order chi connectivity index (χ0) is 19.3. The van der Waals surface area contributed by atoms with Crippen molar-refractivity contribution in [2.75, 3.05) is 39.3 Å². The van der Waals surface area contributed by atoms with Crippen molar-refractivity contribution in [1.82, 2.24) is 14.7 Å². The maximum absolute atomic E-state index is 13.2. The highest BCUT2D eigenvalue weighted by Crippen LogP contribution is 2.30. The molecule has 0 aromatic heterocycles. The van der Waals surface area contributed by atoms with E-state index in [1.165, 1.54) is 44.3 Å². The van der Waals surface area contributed by atoms with Crippen LogP contribution in [0.4, 0.5) is 0 Å². The SMILES string of the molecule is O=C(C1CCC1)N(CCN1CCCC1)C1CCCN(Cc2cccc(Cl)c2)C1. The second-order valence-electron chi connectivity index (χ2n) is 8.87. The number of halogens is 1. The fourth-order valence-electron chi connectivity index (χ4n) is 4.94. The van der Waals surface area contributed by atoms with Crippen LogP contribution in [0.3, 0.4) is 0 Å². The van der Waals surface area contributed by atoms with Crippen molar-refractivity contribution in [1.29, 1.82) is 0 Å². The van der Waals surface area contributed by atoms with Gasteiger partial charge >= 0.3 is 0 Å². The molecule has 3 aliphatic rings. The van der Waals surface area contributed by atoms with E-state index >= 15 is 0 Å². The van der Waals surface area contributed by atoms with E-state index in [-0.39, 0.29) is 0 Å². The molecule has 2 heterocycles. The number of hydrogen-bond donors (Lipinski definition) is 0. The van der Waals surface area contributed by atoms with Crippen molar-refractivity contribution in [3.8, 4) is 0 Å². The molecule has 2 saturated heterocycles. The Kier molecular flexibility index (Phi) is 6.92. The second-order valence-corrected chi connectivity index (χ2v) is 9.31. The number of benzene rings is 1. The molecule has 0 bridgehead atoms. The average molecular weight is 404 g/mol. The van der Waals surface area contributed by atoms with Crippen molar-refractivity contribution in [3.05, 3.63) is 34.9 Å². The van der Waals surface area contributed by atoms with E-state index in [2.05, 4.69) is 26.8 Å². The van der Waals surface area contributed by atoms with Crippen LogP contribution >= 0.6 is 11.6 Å². The first-order valence-electron chi connectivity index (χ1n) is 11.2. The fourth-order valence-corrected chi connectivity index (χ4v) is 5.15. The Morgan fingerprint density at radius 3 is 2.54 bits per heavy atom. The smallest absolute Gasteiger partial charge is 0.226 e. The number of rotatable bonds is 7. The van der Waals surface area contributed by atoms with Crippen LogP contribution in [0.5, 0.6) is 0 Å². The highest BCUT2D eigenvalue weighted by molar-refractivity contribution is 6.30. The maximum Gasteiger partial charge on any atom is 0.226 e. The Morgan fingerprint density at radius 2 is 1.82 bits per heavy atom. The van der Waals surface area contributed by atoms with Gasteiger partial charge in [0.25, 0.3) is 0 Å². The number of piperidine rings is 1. The summed E-state index contributed by atoms with van der Waals surface area (Å²) in [5.74, 6) is 0.724. The molecule has 28 heavy (non-hydrogen) atoms. The van der Waals surface area contributed by atoms with Crippen molar-refractivity contribution in [2.24, 2.45) is 5.92 Å². The molecule has 154 valence electrons. The van der Waals surface area contributed by atoms with Gasteiger partial charge in [-0.3, -0.25) is 9.69 Å². The summed E-state index contributed by atoms with van der Waals surface area (Å²) in [6.07, 6.45) is 8.35. The zero-order valence-electron chi connectivity index (χ0n) is 17.0. The molecular weight excluding hydrogens is 370 g/mol. The fraction of sp³-hybridized carbons (Fsp3) is 0.696. The van der Waals surface area contributed by atoms with Crippen LogP contribution in [0.25, 0.3) is 0 Å². The Balaban J connectivity index is 1.39. The van der Waals surface area contributed by atoms with Crippen LogP contribution in [-0.2, 0) is 11.3 Å². The minimum Gasteiger partial charge on any atom is -0.337 e. The Hall–Kier alpha value is -1.10. The molecule has 1 aliphatic carbocycles. The number of amides is 1. The topological polar surface area (TPSA) is 26.8 Å². The zero-order valence-corrected chi connectivity index (χ0v) is 17.7. The van der Waals surface area contributed by atoms with E-state index in [0.29, 0.717) is 17.9 Å². The van der Waals surface area contributed by atoms with Gasteiger partial charge in [-0.25, -0.2) is 0 Å². The lowest BCUT2D eigenvalue weighted by Crippen LogP contribution is -2.54. The number of carbonyl (C=O) groups is 1. The molecule has 2 aliphatic heterocycles. The molecule has 1 amide bonds. The molecule has 0 spiro atoms. The lowest BCUT2D eigenvalue weighted by atomic mass is 9.83. The minimum atomic E-state index is 0.293. The van der Waals surface area contributed by atoms with E-state index in [4.69, 9.17) is 11.6 Å². The molecule has 1 aromatic rings. The molecule has 5 heteroatoms. The van der Waals surface area contributed by atoms with Gasteiger partial charge in [0.2, 0.25) is 5.91 Å². The molecule has 1 saturated carbocycles. The molecule has 0 N–H and O–H groups in total. The van der Waals surface area contributed by atoms with E-state index < -0.39 is 0 Å². The standard InChI is InChI=1S/C23H34ClN3O/c24-21-9-3-6-19(16-21)17-26-13-5-10-22(18-26)27(23(28)20-7-4-8-20)15-14-25-11-1-2-12-25/h3,6,9,16,20,22H,1-2,4-5,7-8,10-15,17-18H2. The van der Waals surface area contributed by atoms with E-state index in [0.717, 1.165) is 57.0 Å². The predicted octanol–water partition coefficient (Wildman–Crippen LogP) is 4.03. The minimum absolute atomic E-state index is 0.293. The number of hydrogen-bond acceptors (Lipinski definition) is 3. The van der Waals surface area contributed by atoms with Crippen molar-refractivity contribution in [2.45, 2.75) is 57.5 Å². The van der Waals surface area contributed by atoms with Crippen LogP contribution in [0.2, 0.25) is 5.02 Å². The Labute approximate surface area is 174 Å². The first-order valence-corrected chi connectivity index (χ1v) is 11.6. The molecule has 3 fully saturated rings. The molecule has 1 aromatic carbocycles. The largest absolute Gasteiger partial charge is 0.337 e. The van der Waals surface area contributed by atoms with Gasteiger partial charge in [-0.05, 0) is 75.9 Å². The monoisotopic (exact) mass is 403 g/mol. The summed E-state index contributed by atoms with van der Waals surface area (Å²) in [5.41, 5.74) is 1.27. The molecule has 1 atom stereocenters. The van der Waals surface area contributed by atoms with E-state index in [9.17, 15) is 4.79 Å². The van der Waals surface area contributed by atoms with E-state index in [1.54, 1.807) is 0 Å². The van der Waals surface area contributed by atoms with Crippen molar-refractivity contribution < 1.29 is 4.79 Å². The van der Waals surface area contributed by atoms with Crippen LogP contribution in [0.1, 0.15) is 50.5 Å². The van der Waals surface area contributed by atoms with Gasteiger partial charge in [0.1, 0.15) is 0 Å². The van der Waals surface area contributed by atoms with Gasteiger partial charge in [-0.1, -0.05) is 30.2 Å². The number of likely N-dealkylation sites (tertiary alicyclic amines) is 2. The quantitative estimate of drug-likeness (QED) is 0.687. The number of nitrogens with zero attached hydrogens (tertiary/aromatic N) is 3. The summed E-state index contributed by atoms with van der Waals surface area (Å²) in [4.78, 5) is 20.5. The second kappa shape index (κ2) is 9.60. The molecule has 0 radical (unpaired) electrons.